The number of hydrogen-bond donors (Lipinski definition) is 2. The fourth-order valence-corrected chi connectivity index (χ4v) is 3.29. The van der Waals surface area contributed by atoms with Crippen molar-refractivity contribution in [1.82, 2.24) is 5.32 Å². The number of aryl methyl sites for hydroxylation is 2. The normalized spacial score (nSPS) is 13.1. The van der Waals surface area contributed by atoms with Gasteiger partial charge in [0.2, 0.25) is 0 Å². The van der Waals surface area contributed by atoms with E-state index in [1.807, 2.05) is 25.1 Å². The summed E-state index contributed by atoms with van der Waals surface area (Å²) < 4.78 is 0. The van der Waals surface area contributed by atoms with Crippen LogP contribution < -0.4 is 15.5 Å². The molecule has 2 N–H and O–H groups in total. The van der Waals surface area contributed by atoms with Gasteiger partial charge in [0.15, 0.2) is 0 Å². The Morgan fingerprint density at radius 2 is 1.92 bits per heavy atom. The molecule has 2 amide bonds. The molecule has 0 atom stereocenters. The number of hydrogen-bond acceptors (Lipinski definition) is 3. The van der Waals surface area contributed by atoms with Crippen molar-refractivity contribution in [2.24, 2.45) is 0 Å². The molecule has 0 saturated carbocycles. The molecular weight excluding hydrogens is 326 g/mol. The summed E-state index contributed by atoms with van der Waals surface area (Å²) in [6.07, 6.45) is 2.97. The molecule has 0 spiro atoms. The third-order valence-corrected chi connectivity index (χ3v) is 4.79. The van der Waals surface area contributed by atoms with Crippen LogP contribution in [0.25, 0.3) is 0 Å². The van der Waals surface area contributed by atoms with Crippen molar-refractivity contribution in [3.05, 3.63) is 59.2 Å². The highest BCUT2D eigenvalue weighted by Gasteiger charge is 2.15. The monoisotopic (exact) mass is 351 g/mol. The highest BCUT2D eigenvalue weighted by molar-refractivity contribution is 6.39. The van der Waals surface area contributed by atoms with Crippen molar-refractivity contribution in [3.8, 4) is 0 Å². The number of fused-ring (bicyclic) bond motifs is 1. The predicted octanol–water partition coefficient (Wildman–Crippen LogP) is 2.67. The minimum absolute atomic E-state index is 0.439. The highest BCUT2D eigenvalue weighted by Crippen LogP contribution is 2.26. The van der Waals surface area contributed by atoms with Crippen LogP contribution in [0, 0.1) is 6.92 Å². The Bertz CT molecular complexity index is 817. The highest BCUT2D eigenvalue weighted by atomic mass is 16.2. The maximum atomic E-state index is 12.0. The van der Waals surface area contributed by atoms with E-state index in [2.05, 4.69) is 40.8 Å². The number of carbonyl (C=O) groups excluding carboxylic acids is 2. The summed E-state index contributed by atoms with van der Waals surface area (Å²) >= 11 is 0. The molecule has 0 saturated heterocycles. The summed E-state index contributed by atoms with van der Waals surface area (Å²) in [5.41, 5.74) is 5.42. The maximum absolute atomic E-state index is 12.0. The molecule has 0 aliphatic carbocycles. The summed E-state index contributed by atoms with van der Waals surface area (Å²) in [6.45, 7) is 3.42. The molecule has 0 radical (unpaired) electrons. The zero-order valence-electron chi connectivity index (χ0n) is 15.3. The lowest BCUT2D eigenvalue weighted by Crippen LogP contribution is -2.36. The third-order valence-electron chi connectivity index (χ3n) is 4.79. The molecule has 5 nitrogen and oxygen atoms in total. The lowest BCUT2D eigenvalue weighted by Gasteiger charge is -2.27. The Morgan fingerprint density at radius 3 is 2.73 bits per heavy atom. The first kappa shape index (κ1) is 18.0. The van der Waals surface area contributed by atoms with Gasteiger partial charge >= 0.3 is 11.8 Å². The van der Waals surface area contributed by atoms with Gasteiger partial charge in [0, 0.05) is 31.5 Å². The van der Waals surface area contributed by atoms with E-state index < -0.39 is 11.8 Å². The lowest BCUT2D eigenvalue weighted by atomic mass is 9.98. The molecule has 5 heteroatoms. The minimum atomic E-state index is -0.633. The van der Waals surface area contributed by atoms with Crippen LogP contribution >= 0.6 is 0 Å². The first-order valence-corrected chi connectivity index (χ1v) is 9.02. The van der Waals surface area contributed by atoms with Gasteiger partial charge < -0.3 is 15.5 Å². The summed E-state index contributed by atoms with van der Waals surface area (Å²) in [7, 11) is 2.12. The quantitative estimate of drug-likeness (QED) is 0.833. The van der Waals surface area contributed by atoms with Crippen molar-refractivity contribution >= 4 is 23.2 Å². The van der Waals surface area contributed by atoms with Gasteiger partial charge in [-0.1, -0.05) is 30.3 Å². The first-order valence-electron chi connectivity index (χ1n) is 9.02. The topological polar surface area (TPSA) is 61.4 Å². The molecule has 1 aliphatic heterocycles. The van der Waals surface area contributed by atoms with Crippen LogP contribution in [0.4, 0.5) is 11.4 Å². The Balaban J connectivity index is 1.51. The van der Waals surface area contributed by atoms with Crippen LogP contribution in [-0.4, -0.2) is 32.0 Å². The molecule has 2 aromatic carbocycles. The van der Waals surface area contributed by atoms with Gasteiger partial charge in [-0.2, -0.15) is 0 Å². The molecule has 136 valence electrons. The summed E-state index contributed by atoms with van der Waals surface area (Å²) in [6, 6.07) is 13.8. The van der Waals surface area contributed by atoms with Crippen molar-refractivity contribution in [3.63, 3.8) is 0 Å². The number of nitrogens with zero attached hydrogens (tertiary/aromatic N) is 1. The molecule has 1 aliphatic rings. The Hall–Kier alpha value is -2.82. The average Bonchev–Trinajstić information content (AvgIpc) is 2.63. The van der Waals surface area contributed by atoms with E-state index in [0.717, 1.165) is 18.5 Å². The second-order valence-electron chi connectivity index (χ2n) is 6.76. The SMILES string of the molecule is Cc1ccccc1NC(=O)C(=O)NCCc1ccc2c(c1)CCCN2C. The lowest BCUT2D eigenvalue weighted by molar-refractivity contribution is -0.136. The number of carbonyl (C=O) groups is 2. The van der Waals surface area contributed by atoms with Crippen molar-refractivity contribution in [1.29, 1.82) is 0 Å². The van der Waals surface area contributed by atoms with E-state index in [4.69, 9.17) is 0 Å². The molecule has 0 fully saturated rings. The van der Waals surface area contributed by atoms with Crippen LogP contribution in [0.3, 0.4) is 0 Å². The minimum Gasteiger partial charge on any atom is -0.374 e. The molecule has 1 heterocycles. The van der Waals surface area contributed by atoms with E-state index in [1.54, 1.807) is 6.07 Å². The maximum Gasteiger partial charge on any atom is 0.313 e. The molecule has 0 unspecified atom stereocenters. The first-order chi connectivity index (χ1) is 12.5. The van der Waals surface area contributed by atoms with Gasteiger partial charge in [0.05, 0.1) is 0 Å². The van der Waals surface area contributed by atoms with Gasteiger partial charge in [-0.05, 0) is 55.0 Å². The van der Waals surface area contributed by atoms with Gasteiger partial charge in [-0.15, -0.1) is 0 Å². The molecular formula is C21H25N3O2. The van der Waals surface area contributed by atoms with Gasteiger partial charge in [0.25, 0.3) is 0 Å². The number of amides is 2. The standard InChI is InChI=1S/C21H25N3O2/c1-15-6-3-4-8-18(15)23-21(26)20(25)22-12-11-16-9-10-19-17(14-16)7-5-13-24(19)2/h3-4,6,8-10,14H,5,7,11-13H2,1-2H3,(H,22,25)(H,23,26). The second-order valence-corrected chi connectivity index (χ2v) is 6.76. The number of para-hydroxylation sites is 1. The summed E-state index contributed by atoms with van der Waals surface area (Å²) in [5.74, 6) is -1.24. The zero-order chi connectivity index (χ0) is 18.5. The number of anilines is 2. The van der Waals surface area contributed by atoms with Crippen LogP contribution in [0.1, 0.15) is 23.1 Å². The smallest absolute Gasteiger partial charge is 0.313 e. The van der Waals surface area contributed by atoms with E-state index in [1.165, 1.54) is 23.2 Å². The fourth-order valence-electron chi connectivity index (χ4n) is 3.29. The fraction of sp³-hybridized carbons (Fsp3) is 0.333. The molecule has 3 rings (SSSR count). The largest absolute Gasteiger partial charge is 0.374 e. The van der Waals surface area contributed by atoms with Crippen LogP contribution in [0.5, 0.6) is 0 Å². The summed E-state index contributed by atoms with van der Waals surface area (Å²) in [4.78, 5) is 26.3. The van der Waals surface area contributed by atoms with Crippen LogP contribution in [-0.2, 0) is 22.4 Å². The van der Waals surface area contributed by atoms with Crippen molar-refractivity contribution in [2.45, 2.75) is 26.2 Å². The Labute approximate surface area is 154 Å². The van der Waals surface area contributed by atoms with E-state index in [9.17, 15) is 9.59 Å². The number of rotatable bonds is 4. The zero-order valence-corrected chi connectivity index (χ0v) is 15.3. The van der Waals surface area contributed by atoms with E-state index in [0.29, 0.717) is 18.7 Å². The molecule has 26 heavy (non-hydrogen) atoms. The number of benzene rings is 2. The molecule has 0 aromatic heterocycles. The second kappa shape index (κ2) is 8.04. The molecule has 2 aromatic rings. The molecule has 0 bridgehead atoms. The van der Waals surface area contributed by atoms with Gasteiger partial charge in [0.1, 0.15) is 0 Å². The van der Waals surface area contributed by atoms with Crippen molar-refractivity contribution in [2.75, 3.05) is 30.4 Å². The number of nitrogens with one attached hydrogen (secondary N) is 2. The van der Waals surface area contributed by atoms with Gasteiger partial charge in [-0.3, -0.25) is 9.59 Å². The third kappa shape index (κ3) is 4.23. The van der Waals surface area contributed by atoms with E-state index >= 15 is 0 Å². The van der Waals surface area contributed by atoms with Crippen molar-refractivity contribution < 1.29 is 9.59 Å². The van der Waals surface area contributed by atoms with Crippen LogP contribution in [0.15, 0.2) is 42.5 Å². The summed E-state index contributed by atoms with van der Waals surface area (Å²) in [5, 5.41) is 5.35. The average molecular weight is 351 g/mol. The Morgan fingerprint density at radius 1 is 1.12 bits per heavy atom. The van der Waals surface area contributed by atoms with E-state index in [-0.39, 0.29) is 0 Å². The predicted molar refractivity (Wildman–Crippen MR) is 105 cm³/mol. The van der Waals surface area contributed by atoms with Gasteiger partial charge in [-0.25, -0.2) is 0 Å². The van der Waals surface area contributed by atoms with Crippen LogP contribution in [0.2, 0.25) is 0 Å². The Kier molecular flexibility index (Phi) is 5.56.